The molecular weight excluding hydrogens is 414 g/mol. The molecule has 0 amide bonds. The molecule has 0 saturated heterocycles. The van der Waals surface area contributed by atoms with Gasteiger partial charge in [-0.1, -0.05) is 6.07 Å². The minimum absolute atomic E-state index is 0.0322. The number of methoxy groups -OCH3 is 2. The Morgan fingerprint density at radius 3 is 2.50 bits per heavy atom. The predicted molar refractivity (Wildman–Crippen MR) is 116 cm³/mol. The van der Waals surface area contributed by atoms with Crippen LogP contribution in [-0.4, -0.2) is 37.1 Å². The van der Waals surface area contributed by atoms with E-state index in [1.165, 1.54) is 12.1 Å². The van der Waals surface area contributed by atoms with Crippen molar-refractivity contribution in [2.75, 3.05) is 14.2 Å². The molecule has 2 aliphatic rings. The summed E-state index contributed by atoms with van der Waals surface area (Å²) in [4.78, 5) is 23.5. The Hall–Kier alpha value is -3.39. The zero-order valence-corrected chi connectivity index (χ0v) is 18.0. The number of carbonyl (C=O) groups excluding carboxylic acids is 1. The number of carbonyl (C=O) groups is 1. The van der Waals surface area contributed by atoms with E-state index in [9.17, 15) is 14.9 Å². The number of fused-ring (bicyclic) bond motifs is 1. The number of allylic oxidation sites excluding steroid dienone is 1. The van der Waals surface area contributed by atoms with Gasteiger partial charge in [-0.25, -0.2) is 0 Å². The summed E-state index contributed by atoms with van der Waals surface area (Å²) in [5.74, 6) is 1.03. The van der Waals surface area contributed by atoms with Crippen molar-refractivity contribution in [1.29, 1.82) is 0 Å². The zero-order valence-electron chi connectivity index (χ0n) is 18.0. The molecule has 0 spiro atoms. The lowest BCUT2D eigenvalue weighted by atomic mass is 9.78. The van der Waals surface area contributed by atoms with Crippen molar-refractivity contribution in [2.45, 2.75) is 38.1 Å². The maximum atomic E-state index is 13.2. The number of nitro groups is 1. The average Bonchev–Trinajstić information content (AvgIpc) is 2.82. The molecule has 1 heterocycles. The summed E-state index contributed by atoms with van der Waals surface area (Å²) in [6, 6.07) is 11.7. The van der Waals surface area contributed by atoms with Gasteiger partial charge in [-0.3, -0.25) is 14.9 Å². The van der Waals surface area contributed by atoms with Crippen LogP contribution in [0.2, 0.25) is 0 Å². The first-order valence-electron chi connectivity index (χ1n) is 10.5. The van der Waals surface area contributed by atoms with Gasteiger partial charge in [0.25, 0.3) is 5.69 Å². The largest absolute Gasteiger partial charge is 0.496 e. The van der Waals surface area contributed by atoms with E-state index in [4.69, 9.17) is 18.9 Å². The van der Waals surface area contributed by atoms with Crippen LogP contribution in [0.1, 0.15) is 30.4 Å². The maximum absolute atomic E-state index is 13.2. The molecule has 2 aromatic rings. The fourth-order valence-corrected chi connectivity index (χ4v) is 4.25. The fourth-order valence-electron chi connectivity index (χ4n) is 4.25. The van der Waals surface area contributed by atoms with Crippen LogP contribution in [0, 0.1) is 16.0 Å². The lowest BCUT2D eigenvalue weighted by Gasteiger charge is -2.37. The second-order valence-corrected chi connectivity index (χ2v) is 7.92. The second-order valence-electron chi connectivity index (χ2n) is 7.92. The molecule has 1 saturated carbocycles. The standard InChI is InChI=1S/C24H25NO7/c1-29-21-10-5-16(11-23(21)30-2)20-14-32-22-12-18(8-9-19(22)24(20)26)31-13-15-3-6-17(7-4-15)25(27)28/h3-7,10-11,14,18-19,22H,8-9,12-13H2,1-2H3. The number of benzene rings is 2. The van der Waals surface area contributed by atoms with Crippen molar-refractivity contribution in [3.63, 3.8) is 0 Å². The highest BCUT2D eigenvalue weighted by Crippen LogP contribution is 2.39. The van der Waals surface area contributed by atoms with Crippen LogP contribution < -0.4 is 9.47 Å². The lowest BCUT2D eigenvalue weighted by molar-refractivity contribution is -0.384. The Kier molecular flexibility index (Phi) is 6.41. The number of rotatable bonds is 7. The predicted octanol–water partition coefficient (Wildman–Crippen LogP) is 4.31. The van der Waals surface area contributed by atoms with Crippen molar-refractivity contribution in [2.24, 2.45) is 5.92 Å². The van der Waals surface area contributed by atoms with Crippen LogP contribution in [0.15, 0.2) is 48.7 Å². The zero-order chi connectivity index (χ0) is 22.7. The van der Waals surface area contributed by atoms with Gasteiger partial charge < -0.3 is 18.9 Å². The van der Waals surface area contributed by atoms with Gasteiger partial charge in [0.2, 0.25) is 0 Å². The van der Waals surface area contributed by atoms with E-state index in [0.717, 1.165) is 17.5 Å². The normalized spacial score (nSPS) is 22.4. The van der Waals surface area contributed by atoms with Crippen LogP contribution >= 0.6 is 0 Å². The summed E-state index contributed by atoms with van der Waals surface area (Å²) >= 11 is 0. The molecule has 4 rings (SSSR count). The van der Waals surface area contributed by atoms with E-state index in [-0.39, 0.29) is 29.6 Å². The van der Waals surface area contributed by atoms with Crippen molar-refractivity contribution in [3.8, 4) is 11.5 Å². The lowest BCUT2D eigenvalue weighted by Crippen LogP contribution is -2.41. The van der Waals surface area contributed by atoms with Crippen LogP contribution in [0.4, 0.5) is 5.69 Å². The number of hydrogen-bond acceptors (Lipinski definition) is 7. The molecule has 1 fully saturated rings. The molecule has 0 N–H and O–H groups in total. The number of nitro benzene ring substituents is 1. The monoisotopic (exact) mass is 439 g/mol. The van der Waals surface area contributed by atoms with Gasteiger partial charge in [0, 0.05) is 18.6 Å². The number of nitrogens with zero attached hydrogens (tertiary/aromatic N) is 1. The minimum Gasteiger partial charge on any atom is -0.496 e. The van der Waals surface area contributed by atoms with E-state index in [1.54, 1.807) is 44.7 Å². The van der Waals surface area contributed by atoms with Gasteiger partial charge >= 0.3 is 0 Å². The molecule has 2 aromatic carbocycles. The summed E-state index contributed by atoms with van der Waals surface area (Å²) in [5, 5.41) is 10.8. The topological polar surface area (TPSA) is 97.1 Å². The maximum Gasteiger partial charge on any atom is 0.269 e. The molecule has 0 bridgehead atoms. The number of ketones is 1. The van der Waals surface area contributed by atoms with E-state index < -0.39 is 4.92 Å². The molecular formula is C24H25NO7. The summed E-state index contributed by atoms with van der Waals surface area (Å²) in [6.45, 7) is 0.362. The summed E-state index contributed by atoms with van der Waals surface area (Å²) in [5.41, 5.74) is 2.20. The van der Waals surface area contributed by atoms with Crippen LogP contribution in [-0.2, 0) is 20.9 Å². The summed E-state index contributed by atoms with van der Waals surface area (Å²) in [7, 11) is 3.13. The van der Waals surface area contributed by atoms with Crippen molar-refractivity contribution < 1.29 is 28.7 Å². The van der Waals surface area contributed by atoms with E-state index in [0.29, 0.717) is 36.5 Å². The van der Waals surface area contributed by atoms with E-state index in [1.807, 2.05) is 6.07 Å². The number of ether oxygens (including phenoxy) is 4. The van der Waals surface area contributed by atoms with Gasteiger partial charge in [0.05, 0.1) is 49.6 Å². The van der Waals surface area contributed by atoms with Gasteiger partial charge in [0.15, 0.2) is 17.3 Å². The molecule has 0 aromatic heterocycles. The molecule has 8 heteroatoms. The Morgan fingerprint density at radius 1 is 1.06 bits per heavy atom. The van der Waals surface area contributed by atoms with Crippen LogP contribution in [0.25, 0.3) is 5.57 Å². The van der Waals surface area contributed by atoms with Crippen LogP contribution in [0.3, 0.4) is 0 Å². The van der Waals surface area contributed by atoms with Crippen LogP contribution in [0.5, 0.6) is 11.5 Å². The Labute approximate surface area is 185 Å². The van der Waals surface area contributed by atoms with E-state index in [2.05, 4.69) is 0 Å². The van der Waals surface area contributed by atoms with Gasteiger partial charge in [-0.2, -0.15) is 0 Å². The summed E-state index contributed by atoms with van der Waals surface area (Å²) < 4.78 is 22.6. The quantitative estimate of drug-likeness (QED) is 0.468. The van der Waals surface area contributed by atoms with Gasteiger partial charge in [-0.15, -0.1) is 0 Å². The average molecular weight is 439 g/mol. The smallest absolute Gasteiger partial charge is 0.269 e. The first kappa shape index (κ1) is 21.8. The highest BCUT2D eigenvalue weighted by Gasteiger charge is 2.40. The van der Waals surface area contributed by atoms with Crippen molar-refractivity contribution in [1.82, 2.24) is 0 Å². The van der Waals surface area contributed by atoms with Crippen molar-refractivity contribution >= 4 is 17.0 Å². The molecule has 168 valence electrons. The number of non-ortho nitro benzene ring substituents is 1. The number of Topliss-reactive ketones (excluding diaryl/α,β-unsaturated/α-hetero) is 1. The molecule has 3 unspecified atom stereocenters. The summed E-state index contributed by atoms with van der Waals surface area (Å²) in [6.07, 6.45) is 3.35. The highest BCUT2D eigenvalue weighted by molar-refractivity contribution is 6.22. The highest BCUT2D eigenvalue weighted by atomic mass is 16.6. The Bertz CT molecular complexity index is 1030. The molecule has 1 aliphatic carbocycles. The SMILES string of the molecule is COc1ccc(C2=COC3CC(OCc4ccc([N+](=O)[O-])cc4)CCC3C2=O)cc1OC. The third kappa shape index (κ3) is 4.45. The Balaban J connectivity index is 1.39. The van der Waals surface area contributed by atoms with E-state index >= 15 is 0 Å². The molecule has 1 aliphatic heterocycles. The van der Waals surface area contributed by atoms with Gasteiger partial charge in [-0.05, 0) is 48.2 Å². The Morgan fingerprint density at radius 2 is 1.81 bits per heavy atom. The third-order valence-electron chi connectivity index (χ3n) is 6.03. The van der Waals surface area contributed by atoms with Crippen molar-refractivity contribution in [3.05, 3.63) is 70.0 Å². The first-order valence-corrected chi connectivity index (χ1v) is 10.5. The second kappa shape index (κ2) is 9.40. The first-order chi connectivity index (χ1) is 15.5. The number of hydrogen-bond donors (Lipinski definition) is 0. The minimum atomic E-state index is -0.423. The molecule has 0 radical (unpaired) electrons. The third-order valence-corrected chi connectivity index (χ3v) is 6.03. The molecule has 8 nitrogen and oxygen atoms in total. The molecule has 3 atom stereocenters. The fraction of sp³-hybridized carbons (Fsp3) is 0.375. The molecule has 32 heavy (non-hydrogen) atoms. The van der Waals surface area contributed by atoms with Gasteiger partial charge in [0.1, 0.15) is 6.10 Å².